The summed E-state index contributed by atoms with van der Waals surface area (Å²) in [7, 11) is 0. The standard InChI is InChI=1S/C19H17N3O3S/c1-3-25-18(24)12-10-13-14(20-11(12)2)8-9-22(17(13)23)19-21-15-6-4-5-7-16(15)26-19/h4-10,15-16H,3H2,1-2H3. The fourth-order valence-electron chi connectivity index (χ4n) is 3.03. The molecule has 4 rings (SSSR count). The molecule has 0 aromatic carbocycles. The fourth-order valence-corrected chi connectivity index (χ4v) is 4.17. The van der Waals surface area contributed by atoms with E-state index in [0.29, 0.717) is 27.3 Å². The van der Waals surface area contributed by atoms with Crippen LogP contribution in [0.5, 0.6) is 0 Å². The van der Waals surface area contributed by atoms with Gasteiger partial charge in [-0.3, -0.25) is 19.3 Å². The number of aliphatic imine (C=N–C) groups is 1. The molecule has 0 N–H and O–H groups in total. The first-order valence-corrected chi connectivity index (χ1v) is 9.26. The molecule has 0 amide bonds. The molecule has 0 saturated carbocycles. The lowest BCUT2D eigenvalue weighted by Gasteiger charge is -2.11. The number of carbonyl (C=O) groups excluding carboxylic acids is 1. The van der Waals surface area contributed by atoms with Gasteiger partial charge in [0.25, 0.3) is 5.56 Å². The number of thioether (sulfide) groups is 1. The van der Waals surface area contributed by atoms with Crippen LogP contribution in [-0.2, 0) is 4.74 Å². The number of esters is 1. The second-order valence-corrected chi connectivity index (χ2v) is 7.17. The maximum absolute atomic E-state index is 13.0. The Balaban J connectivity index is 1.81. The van der Waals surface area contributed by atoms with E-state index in [1.807, 2.05) is 18.2 Å². The average molecular weight is 367 g/mol. The van der Waals surface area contributed by atoms with Crippen LogP contribution in [0.1, 0.15) is 23.0 Å². The minimum absolute atomic E-state index is 0.0498. The molecule has 0 spiro atoms. The van der Waals surface area contributed by atoms with Gasteiger partial charge in [-0.05, 0) is 26.0 Å². The number of nitrogens with zero attached hydrogens (tertiary/aromatic N) is 3. The van der Waals surface area contributed by atoms with E-state index >= 15 is 0 Å². The van der Waals surface area contributed by atoms with Gasteiger partial charge < -0.3 is 4.74 Å². The van der Waals surface area contributed by atoms with Gasteiger partial charge in [-0.1, -0.05) is 36.1 Å². The lowest BCUT2D eigenvalue weighted by Crippen LogP contribution is -2.25. The zero-order valence-corrected chi connectivity index (χ0v) is 15.2. The van der Waals surface area contributed by atoms with Crippen LogP contribution in [0.3, 0.4) is 0 Å². The second kappa shape index (κ2) is 6.57. The maximum Gasteiger partial charge on any atom is 0.339 e. The molecule has 132 valence electrons. The summed E-state index contributed by atoms with van der Waals surface area (Å²) in [6, 6.07) is 3.39. The molecule has 1 aliphatic heterocycles. The maximum atomic E-state index is 13.0. The summed E-state index contributed by atoms with van der Waals surface area (Å²) < 4.78 is 6.59. The van der Waals surface area contributed by atoms with E-state index in [-0.39, 0.29) is 23.5 Å². The number of ether oxygens (including phenoxy) is 1. The SMILES string of the molecule is CCOC(=O)c1cc2c(=O)n(C3=NC4C=CC=CC4S3)ccc2nc1C. The number of fused-ring (bicyclic) bond motifs is 2. The van der Waals surface area contributed by atoms with Gasteiger partial charge in [-0.2, -0.15) is 0 Å². The van der Waals surface area contributed by atoms with Crippen LogP contribution >= 0.6 is 11.8 Å². The summed E-state index contributed by atoms with van der Waals surface area (Å²) >= 11 is 1.56. The molecule has 0 saturated heterocycles. The van der Waals surface area contributed by atoms with E-state index in [4.69, 9.17) is 4.74 Å². The van der Waals surface area contributed by atoms with Crippen molar-refractivity contribution in [1.29, 1.82) is 0 Å². The van der Waals surface area contributed by atoms with Gasteiger partial charge in [-0.15, -0.1) is 0 Å². The highest BCUT2D eigenvalue weighted by molar-refractivity contribution is 8.14. The van der Waals surface area contributed by atoms with Crippen LogP contribution < -0.4 is 5.56 Å². The predicted octanol–water partition coefficient (Wildman–Crippen LogP) is 2.70. The van der Waals surface area contributed by atoms with Crippen molar-refractivity contribution in [2.24, 2.45) is 4.99 Å². The van der Waals surface area contributed by atoms with Crippen molar-refractivity contribution in [1.82, 2.24) is 9.55 Å². The summed E-state index contributed by atoms with van der Waals surface area (Å²) in [6.45, 7) is 3.75. The number of aryl methyl sites for hydroxylation is 1. The van der Waals surface area contributed by atoms with Gasteiger partial charge in [0.05, 0.1) is 40.1 Å². The van der Waals surface area contributed by atoms with E-state index in [0.717, 1.165) is 0 Å². The van der Waals surface area contributed by atoms with Crippen molar-refractivity contribution in [2.45, 2.75) is 25.1 Å². The van der Waals surface area contributed by atoms with Crippen molar-refractivity contribution in [2.75, 3.05) is 6.61 Å². The first-order valence-electron chi connectivity index (χ1n) is 8.38. The molecular weight excluding hydrogens is 350 g/mol. The van der Waals surface area contributed by atoms with Crippen molar-refractivity contribution in [3.8, 4) is 0 Å². The van der Waals surface area contributed by atoms with Crippen LogP contribution in [0.25, 0.3) is 10.9 Å². The smallest absolute Gasteiger partial charge is 0.339 e. The Kier molecular flexibility index (Phi) is 4.24. The molecule has 0 radical (unpaired) electrons. The van der Waals surface area contributed by atoms with Gasteiger partial charge in [0.2, 0.25) is 0 Å². The molecule has 2 aromatic rings. The molecular formula is C19H17N3O3S. The highest BCUT2D eigenvalue weighted by Gasteiger charge is 2.29. The quantitative estimate of drug-likeness (QED) is 0.763. The third-order valence-corrected chi connectivity index (χ3v) is 5.55. The zero-order chi connectivity index (χ0) is 18.3. The van der Waals surface area contributed by atoms with Gasteiger partial charge >= 0.3 is 5.97 Å². The molecule has 2 atom stereocenters. The topological polar surface area (TPSA) is 73.6 Å². The summed E-state index contributed by atoms with van der Waals surface area (Å²) in [6.07, 6.45) is 9.77. The molecule has 7 heteroatoms. The van der Waals surface area contributed by atoms with Gasteiger partial charge in [0.15, 0.2) is 5.17 Å². The van der Waals surface area contributed by atoms with Gasteiger partial charge in [0.1, 0.15) is 0 Å². The van der Waals surface area contributed by atoms with Crippen LogP contribution in [0, 0.1) is 6.92 Å². The van der Waals surface area contributed by atoms with Crippen LogP contribution in [0.4, 0.5) is 0 Å². The third kappa shape index (κ3) is 2.78. The Hall–Kier alpha value is -2.67. The van der Waals surface area contributed by atoms with E-state index in [1.165, 1.54) is 4.57 Å². The summed E-state index contributed by atoms with van der Waals surface area (Å²) in [5.74, 6) is -0.469. The molecule has 2 aliphatic rings. The van der Waals surface area contributed by atoms with Crippen LogP contribution in [0.15, 0.2) is 52.4 Å². The molecule has 3 heterocycles. The number of carbonyl (C=O) groups is 1. The molecule has 0 bridgehead atoms. The van der Waals surface area contributed by atoms with Gasteiger partial charge in [-0.25, -0.2) is 4.79 Å². The largest absolute Gasteiger partial charge is 0.462 e. The normalized spacial score (nSPS) is 20.9. The minimum Gasteiger partial charge on any atom is -0.462 e. The number of allylic oxidation sites excluding steroid dienone is 2. The highest BCUT2D eigenvalue weighted by Crippen LogP contribution is 2.31. The number of hydrogen-bond acceptors (Lipinski definition) is 6. The zero-order valence-electron chi connectivity index (χ0n) is 14.4. The van der Waals surface area contributed by atoms with E-state index in [2.05, 4.69) is 16.1 Å². The summed E-state index contributed by atoms with van der Waals surface area (Å²) in [5, 5.41) is 1.25. The van der Waals surface area contributed by atoms with Crippen molar-refractivity contribution in [3.63, 3.8) is 0 Å². The monoisotopic (exact) mass is 367 g/mol. The lowest BCUT2D eigenvalue weighted by molar-refractivity contribution is 0.0525. The number of pyridine rings is 2. The van der Waals surface area contributed by atoms with Crippen molar-refractivity contribution in [3.05, 3.63) is 64.2 Å². The van der Waals surface area contributed by atoms with E-state index in [1.54, 1.807) is 43.9 Å². The number of hydrogen-bond donors (Lipinski definition) is 0. The van der Waals surface area contributed by atoms with Crippen molar-refractivity contribution < 1.29 is 9.53 Å². The Labute approximate surface area is 154 Å². The average Bonchev–Trinajstić information content (AvgIpc) is 3.05. The highest BCUT2D eigenvalue weighted by atomic mass is 32.2. The minimum atomic E-state index is -0.469. The van der Waals surface area contributed by atoms with Gasteiger partial charge in [0, 0.05) is 6.20 Å². The first kappa shape index (κ1) is 16.8. The number of aromatic nitrogens is 2. The summed E-state index contributed by atoms with van der Waals surface area (Å²) in [4.78, 5) is 34.2. The predicted molar refractivity (Wildman–Crippen MR) is 103 cm³/mol. The molecule has 1 aliphatic carbocycles. The Morgan fingerprint density at radius 3 is 2.92 bits per heavy atom. The first-order chi connectivity index (χ1) is 12.6. The Morgan fingerprint density at radius 2 is 2.15 bits per heavy atom. The second-order valence-electron chi connectivity index (χ2n) is 6.02. The Bertz CT molecular complexity index is 1050. The van der Waals surface area contributed by atoms with E-state index in [9.17, 15) is 9.59 Å². The molecule has 2 aromatic heterocycles. The molecule has 26 heavy (non-hydrogen) atoms. The van der Waals surface area contributed by atoms with Crippen LogP contribution in [0.2, 0.25) is 0 Å². The summed E-state index contributed by atoms with van der Waals surface area (Å²) in [5.41, 5.74) is 1.17. The fraction of sp³-hybridized carbons (Fsp3) is 0.263. The Morgan fingerprint density at radius 1 is 1.35 bits per heavy atom. The van der Waals surface area contributed by atoms with Crippen LogP contribution in [-0.4, -0.2) is 38.6 Å². The van der Waals surface area contributed by atoms with E-state index < -0.39 is 5.97 Å². The lowest BCUT2D eigenvalue weighted by atomic mass is 10.1. The molecule has 6 nitrogen and oxygen atoms in total. The molecule has 0 fully saturated rings. The number of rotatable bonds is 2. The molecule has 2 unspecified atom stereocenters. The third-order valence-electron chi connectivity index (χ3n) is 4.33. The van der Waals surface area contributed by atoms with Crippen molar-refractivity contribution >= 4 is 33.8 Å².